The van der Waals surface area contributed by atoms with Crippen LogP contribution in [0.3, 0.4) is 0 Å². The average Bonchev–Trinajstić information content (AvgIpc) is 2.49. The molecule has 3 nitrogen and oxygen atoms in total. The number of anilines is 1. The van der Waals surface area contributed by atoms with Gasteiger partial charge in [-0.05, 0) is 31.2 Å². The van der Waals surface area contributed by atoms with Crippen LogP contribution in [0, 0.1) is 5.82 Å². The van der Waals surface area contributed by atoms with Crippen LogP contribution in [0.4, 0.5) is 10.1 Å². The number of hydrogen-bond donors (Lipinski definition) is 2. The van der Waals surface area contributed by atoms with Gasteiger partial charge in [-0.1, -0.05) is 30.3 Å². The predicted molar refractivity (Wildman–Crippen MR) is 81.5 cm³/mol. The Labute approximate surface area is 124 Å². The van der Waals surface area contributed by atoms with Gasteiger partial charge in [0, 0.05) is 11.3 Å². The summed E-state index contributed by atoms with van der Waals surface area (Å²) in [7, 11) is 1.99. The zero-order valence-electron chi connectivity index (χ0n) is 12.3. The number of hydrogen-bond acceptors (Lipinski definition) is 1. The van der Waals surface area contributed by atoms with E-state index in [1.54, 1.807) is 12.1 Å². The van der Waals surface area contributed by atoms with Crippen molar-refractivity contribution in [2.45, 2.75) is 19.5 Å². The average molecular weight is 287 g/mol. The third-order valence-corrected chi connectivity index (χ3v) is 3.57. The van der Waals surface area contributed by atoms with E-state index >= 15 is 0 Å². The first-order valence-electron chi connectivity index (χ1n) is 6.99. The Bertz CT molecular complexity index is 583. The summed E-state index contributed by atoms with van der Waals surface area (Å²) in [6, 6.07) is 15.7. The molecule has 2 aromatic carbocycles. The molecular weight excluding hydrogens is 267 g/mol. The Morgan fingerprint density at radius 1 is 1.14 bits per heavy atom. The Balaban J connectivity index is 1.93. The van der Waals surface area contributed by atoms with E-state index in [1.165, 1.54) is 17.7 Å². The van der Waals surface area contributed by atoms with Crippen molar-refractivity contribution in [3.8, 4) is 0 Å². The molecule has 2 N–H and O–H groups in total. The summed E-state index contributed by atoms with van der Waals surface area (Å²) in [5.41, 5.74) is 1.80. The summed E-state index contributed by atoms with van der Waals surface area (Å²) in [6.07, 6.45) is 0. The van der Waals surface area contributed by atoms with Crippen molar-refractivity contribution in [3.63, 3.8) is 0 Å². The van der Waals surface area contributed by atoms with Crippen LogP contribution in [0.5, 0.6) is 0 Å². The van der Waals surface area contributed by atoms with Crippen LogP contribution >= 0.6 is 0 Å². The second-order valence-electron chi connectivity index (χ2n) is 5.23. The van der Waals surface area contributed by atoms with Gasteiger partial charge >= 0.3 is 0 Å². The molecule has 0 radical (unpaired) electrons. The third kappa shape index (κ3) is 4.39. The molecule has 21 heavy (non-hydrogen) atoms. The number of amides is 1. The molecule has 1 unspecified atom stereocenters. The summed E-state index contributed by atoms with van der Waals surface area (Å²) in [5.74, 6) is -0.386. The van der Waals surface area contributed by atoms with Gasteiger partial charge in [0.05, 0.1) is 7.05 Å². The lowest BCUT2D eigenvalue weighted by molar-refractivity contribution is -0.907. The number of benzene rings is 2. The number of halogens is 1. The minimum absolute atomic E-state index is 0.0740. The summed E-state index contributed by atoms with van der Waals surface area (Å²) < 4.78 is 12.8. The Kier molecular flexibility index (Phi) is 5.06. The zero-order valence-corrected chi connectivity index (χ0v) is 12.3. The lowest BCUT2D eigenvalue weighted by Crippen LogP contribution is -3.12. The van der Waals surface area contributed by atoms with E-state index in [9.17, 15) is 9.18 Å². The minimum atomic E-state index is -0.312. The van der Waals surface area contributed by atoms with E-state index in [0.29, 0.717) is 5.69 Å². The summed E-state index contributed by atoms with van der Waals surface area (Å²) in [6.45, 7) is 2.66. The number of nitrogens with one attached hydrogen (secondary N) is 2. The molecule has 0 aromatic heterocycles. The molecule has 0 bridgehead atoms. The lowest BCUT2D eigenvalue weighted by atomic mass is 10.2. The fourth-order valence-electron chi connectivity index (χ4n) is 2.08. The molecule has 0 saturated carbocycles. The number of quaternary nitrogens is 1. The van der Waals surface area contributed by atoms with Gasteiger partial charge in [-0.15, -0.1) is 0 Å². The highest BCUT2D eigenvalue weighted by molar-refractivity contribution is 5.93. The highest BCUT2D eigenvalue weighted by Gasteiger charge is 2.21. The topological polar surface area (TPSA) is 33.5 Å². The smallest absolute Gasteiger partial charge is 0.282 e. The van der Waals surface area contributed by atoms with Gasteiger partial charge in [-0.2, -0.15) is 0 Å². The SMILES string of the molecule is C[C@H](C(=O)Nc1ccc(F)cc1)[NH+](C)Cc1ccccc1. The highest BCUT2D eigenvalue weighted by atomic mass is 19.1. The largest absolute Gasteiger partial charge is 0.324 e. The molecule has 2 rings (SSSR count). The maximum Gasteiger partial charge on any atom is 0.282 e. The van der Waals surface area contributed by atoms with E-state index in [-0.39, 0.29) is 17.8 Å². The molecule has 1 amide bonds. The maximum atomic E-state index is 12.8. The first kappa shape index (κ1) is 15.2. The monoisotopic (exact) mass is 287 g/mol. The maximum absolute atomic E-state index is 12.8. The zero-order chi connectivity index (χ0) is 15.2. The molecule has 0 fully saturated rings. The van der Waals surface area contributed by atoms with Crippen molar-refractivity contribution in [1.82, 2.24) is 0 Å². The Morgan fingerprint density at radius 2 is 1.76 bits per heavy atom. The van der Waals surface area contributed by atoms with Crippen molar-refractivity contribution in [3.05, 3.63) is 66.0 Å². The fraction of sp³-hybridized carbons (Fsp3) is 0.235. The Hall–Kier alpha value is -2.20. The number of likely N-dealkylation sites (N-methyl/N-ethyl adjacent to an activating group) is 1. The van der Waals surface area contributed by atoms with Crippen molar-refractivity contribution in [2.75, 3.05) is 12.4 Å². The Morgan fingerprint density at radius 3 is 2.38 bits per heavy atom. The van der Waals surface area contributed by atoms with E-state index in [2.05, 4.69) is 5.32 Å². The van der Waals surface area contributed by atoms with Crippen LogP contribution in [-0.4, -0.2) is 19.0 Å². The van der Waals surface area contributed by atoms with E-state index in [4.69, 9.17) is 0 Å². The predicted octanol–water partition coefficient (Wildman–Crippen LogP) is 1.87. The normalized spacial score (nSPS) is 13.5. The van der Waals surface area contributed by atoms with Crippen LogP contribution in [0.25, 0.3) is 0 Å². The van der Waals surface area contributed by atoms with Gasteiger partial charge in [-0.3, -0.25) is 4.79 Å². The molecule has 2 atom stereocenters. The molecule has 0 aliphatic heterocycles. The highest BCUT2D eigenvalue weighted by Crippen LogP contribution is 2.08. The van der Waals surface area contributed by atoms with Crippen LogP contribution in [0.1, 0.15) is 12.5 Å². The second-order valence-corrected chi connectivity index (χ2v) is 5.23. The van der Waals surface area contributed by atoms with Gasteiger partial charge in [0.15, 0.2) is 6.04 Å². The number of carbonyl (C=O) groups is 1. The van der Waals surface area contributed by atoms with Gasteiger partial charge < -0.3 is 10.2 Å². The molecule has 0 heterocycles. The summed E-state index contributed by atoms with van der Waals surface area (Å²) >= 11 is 0. The quantitative estimate of drug-likeness (QED) is 0.865. The van der Waals surface area contributed by atoms with Gasteiger partial charge in [-0.25, -0.2) is 4.39 Å². The van der Waals surface area contributed by atoms with E-state index in [1.807, 2.05) is 44.3 Å². The van der Waals surface area contributed by atoms with Crippen LogP contribution in [0.2, 0.25) is 0 Å². The van der Waals surface area contributed by atoms with Gasteiger partial charge in [0.25, 0.3) is 5.91 Å². The number of carbonyl (C=O) groups excluding carboxylic acids is 1. The molecule has 0 spiro atoms. The molecule has 110 valence electrons. The standard InChI is InChI=1S/C17H19FN2O/c1-13(20(2)12-14-6-4-3-5-7-14)17(21)19-16-10-8-15(18)9-11-16/h3-11,13H,12H2,1-2H3,(H,19,21)/p+1/t13-/m1/s1. The van der Waals surface area contributed by atoms with Crippen LogP contribution < -0.4 is 10.2 Å². The summed E-state index contributed by atoms with van der Waals surface area (Å²) in [5, 5.41) is 2.81. The first-order chi connectivity index (χ1) is 10.1. The molecule has 0 aliphatic rings. The van der Waals surface area contributed by atoms with Crippen molar-refractivity contribution in [2.24, 2.45) is 0 Å². The molecule has 0 aliphatic carbocycles. The van der Waals surface area contributed by atoms with E-state index < -0.39 is 0 Å². The molecule has 2 aromatic rings. The third-order valence-electron chi connectivity index (χ3n) is 3.57. The lowest BCUT2D eigenvalue weighted by Gasteiger charge is -2.21. The fourth-order valence-corrected chi connectivity index (χ4v) is 2.08. The van der Waals surface area contributed by atoms with Crippen LogP contribution in [0.15, 0.2) is 54.6 Å². The minimum Gasteiger partial charge on any atom is -0.324 e. The first-order valence-corrected chi connectivity index (χ1v) is 6.99. The number of rotatable bonds is 5. The van der Waals surface area contributed by atoms with Gasteiger partial charge in [0.1, 0.15) is 12.4 Å². The van der Waals surface area contributed by atoms with Crippen molar-refractivity contribution in [1.29, 1.82) is 0 Å². The summed E-state index contributed by atoms with van der Waals surface area (Å²) in [4.78, 5) is 13.3. The van der Waals surface area contributed by atoms with Crippen LogP contribution in [-0.2, 0) is 11.3 Å². The van der Waals surface area contributed by atoms with Gasteiger partial charge in [0.2, 0.25) is 0 Å². The second kappa shape index (κ2) is 6.99. The van der Waals surface area contributed by atoms with E-state index in [0.717, 1.165) is 11.4 Å². The molecule has 0 saturated heterocycles. The van der Waals surface area contributed by atoms with Crippen molar-refractivity contribution >= 4 is 11.6 Å². The molecule has 4 heteroatoms. The molecular formula is C17H20FN2O+. The van der Waals surface area contributed by atoms with Crippen molar-refractivity contribution < 1.29 is 14.1 Å².